The van der Waals surface area contributed by atoms with Gasteiger partial charge in [-0.1, -0.05) is 64.7 Å². The molecular formula is C25H34Cl2O6Si2. The van der Waals surface area contributed by atoms with Crippen LogP contribution in [0.5, 0.6) is 11.5 Å². The molecule has 0 N–H and O–H groups in total. The molecule has 0 fully saturated rings. The Morgan fingerprint density at radius 3 is 1.34 bits per heavy atom. The lowest BCUT2D eigenvalue weighted by Gasteiger charge is -2.34. The van der Waals surface area contributed by atoms with E-state index in [9.17, 15) is 4.79 Å². The maximum Gasteiger partial charge on any atom is 0.254 e. The van der Waals surface area contributed by atoms with Gasteiger partial charge in [-0.25, -0.2) is 9.15 Å². The highest BCUT2D eigenvalue weighted by Gasteiger charge is 2.41. The fraction of sp³-hybridized carbons (Fsp3) is 0.480. The molecule has 1 aromatic heterocycles. The highest BCUT2D eigenvalue weighted by molar-refractivity contribution is 6.74. The van der Waals surface area contributed by atoms with Crippen molar-refractivity contribution in [1.29, 1.82) is 0 Å². The topological polar surface area (TPSA) is 67.1 Å². The Hall–Kier alpha value is -1.56. The van der Waals surface area contributed by atoms with Gasteiger partial charge in [0.15, 0.2) is 11.5 Å². The number of halogens is 2. The van der Waals surface area contributed by atoms with Gasteiger partial charge in [0, 0.05) is 12.1 Å². The molecule has 0 saturated heterocycles. The molecule has 0 aliphatic rings. The summed E-state index contributed by atoms with van der Waals surface area (Å²) in [6.07, 6.45) is 0. The van der Waals surface area contributed by atoms with Crippen LogP contribution in [0.3, 0.4) is 0 Å². The van der Waals surface area contributed by atoms with Gasteiger partial charge in [-0.2, -0.15) is 0 Å². The summed E-state index contributed by atoms with van der Waals surface area (Å²) in [5.74, 6) is 0.552. The fourth-order valence-corrected chi connectivity index (χ4v) is 4.02. The molecule has 0 unspecified atom stereocenters. The van der Waals surface area contributed by atoms with Crippen LogP contribution in [-0.2, 0) is 9.15 Å². The predicted octanol–water partition coefficient (Wildman–Crippen LogP) is 8.88. The van der Waals surface area contributed by atoms with Crippen molar-refractivity contribution in [3.63, 3.8) is 0 Å². The normalized spacial score (nSPS) is 13.5. The highest BCUT2D eigenvalue weighted by Crippen LogP contribution is 2.40. The summed E-state index contributed by atoms with van der Waals surface area (Å²) >= 11 is 12.8. The second-order valence-corrected chi connectivity index (χ2v) is 22.0. The molecule has 3 rings (SSSR count). The van der Waals surface area contributed by atoms with Crippen LogP contribution in [-0.4, -0.2) is 16.6 Å². The van der Waals surface area contributed by atoms with Gasteiger partial charge in [0.25, 0.3) is 16.6 Å². The maximum absolute atomic E-state index is 13.2. The van der Waals surface area contributed by atoms with Gasteiger partial charge in [0.1, 0.15) is 11.2 Å². The average Bonchev–Trinajstić information content (AvgIpc) is 2.71. The van der Waals surface area contributed by atoms with E-state index in [0.29, 0.717) is 21.9 Å². The highest BCUT2D eigenvalue weighted by atomic mass is 35.5. The van der Waals surface area contributed by atoms with Crippen LogP contribution in [0, 0.1) is 0 Å². The van der Waals surface area contributed by atoms with Crippen LogP contribution in [0.25, 0.3) is 21.9 Å². The Morgan fingerprint density at radius 2 is 1.03 bits per heavy atom. The maximum atomic E-state index is 13.2. The van der Waals surface area contributed by atoms with Crippen molar-refractivity contribution in [3.05, 3.63) is 44.5 Å². The molecule has 6 nitrogen and oxygen atoms in total. The fourth-order valence-electron chi connectivity index (χ4n) is 2.53. The third kappa shape index (κ3) is 5.73. The lowest BCUT2D eigenvalue weighted by Crippen LogP contribution is -2.41. The van der Waals surface area contributed by atoms with E-state index in [1.54, 1.807) is 12.1 Å². The van der Waals surface area contributed by atoms with Gasteiger partial charge in [0.2, 0.25) is 5.43 Å². The minimum Gasteiger partial charge on any atom is -0.456 e. The van der Waals surface area contributed by atoms with Crippen LogP contribution in [0.4, 0.5) is 0 Å². The third-order valence-corrected chi connectivity index (χ3v) is 15.9. The quantitative estimate of drug-likeness (QED) is 0.131. The summed E-state index contributed by atoms with van der Waals surface area (Å²) in [6, 6.07) is 6.16. The van der Waals surface area contributed by atoms with E-state index in [-0.39, 0.29) is 37.0 Å². The molecule has 0 radical (unpaired) electrons. The van der Waals surface area contributed by atoms with Crippen molar-refractivity contribution < 1.29 is 23.3 Å². The zero-order valence-corrected chi connectivity index (χ0v) is 25.5. The van der Waals surface area contributed by atoms with E-state index in [2.05, 4.69) is 67.7 Å². The minimum absolute atomic E-state index is 0.0543. The number of benzene rings is 2. The molecule has 35 heavy (non-hydrogen) atoms. The van der Waals surface area contributed by atoms with E-state index in [1.807, 2.05) is 0 Å². The van der Waals surface area contributed by atoms with Crippen molar-refractivity contribution in [2.75, 3.05) is 0 Å². The van der Waals surface area contributed by atoms with Gasteiger partial charge >= 0.3 is 0 Å². The minimum atomic E-state index is -2.20. The molecule has 0 spiro atoms. The van der Waals surface area contributed by atoms with Crippen LogP contribution in [0.1, 0.15) is 41.5 Å². The first kappa shape index (κ1) is 28.0. The van der Waals surface area contributed by atoms with E-state index in [4.69, 9.17) is 46.5 Å². The number of rotatable bonds is 6. The summed E-state index contributed by atoms with van der Waals surface area (Å²) in [7, 11) is -4.40. The molecule has 2 aromatic carbocycles. The number of fused-ring (bicyclic) bond motifs is 2. The van der Waals surface area contributed by atoms with Crippen molar-refractivity contribution in [3.8, 4) is 11.5 Å². The molecule has 0 aliphatic heterocycles. The summed E-state index contributed by atoms with van der Waals surface area (Å²) in [5.41, 5.74) is 0.345. The van der Waals surface area contributed by atoms with Crippen molar-refractivity contribution >= 4 is 61.8 Å². The Bertz CT molecular complexity index is 1220. The molecule has 0 saturated carbocycles. The smallest absolute Gasteiger partial charge is 0.254 e. The van der Waals surface area contributed by atoms with Gasteiger partial charge in [-0.05, 0) is 48.4 Å². The van der Waals surface area contributed by atoms with Gasteiger partial charge in [0.05, 0.1) is 20.8 Å². The largest absolute Gasteiger partial charge is 0.456 e. The molecule has 0 aliphatic carbocycles. The third-order valence-electron chi connectivity index (χ3n) is 7.07. The van der Waals surface area contributed by atoms with Crippen LogP contribution < -0.4 is 15.2 Å². The first-order valence-corrected chi connectivity index (χ1v) is 18.0. The summed E-state index contributed by atoms with van der Waals surface area (Å²) in [6.45, 7) is 20.9. The molecule has 3 aromatic rings. The predicted molar refractivity (Wildman–Crippen MR) is 148 cm³/mol. The van der Waals surface area contributed by atoms with Crippen molar-refractivity contribution in [2.45, 2.75) is 77.8 Å². The summed E-state index contributed by atoms with van der Waals surface area (Å²) in [4.78, 5) is 24.5. The van der Waals surface area contributed by atoms with E-state index in [0.717, 1.165) is 0 Å². The van der Waals surface area contributed by atoms with Crippen LogP contribution in [0.2, 0.25) is 46.3 Å². The number of hydrogen-bond acceptors (Lipinski definition) is 6. The van der Waals surface area contributed by atoms with E-state index < -0.39 is 16.6 Å². The Kier molecular flexibility index (Phi) is 7.52. The zero-order valence-electron chi connectivity index (χ0n) is 22.0. The standard InChI is InChI=1S/C25H34Cl2O6Si2/c1-24(2,3)34(7,8)32-30-21-13-19-15(11-17(21)26)23(28)16-12-18(27)22(14-20(16)29-19)31-33-35(9,10)25(4,5)6/h11-14H,1-10H3. The molecular weight excluding hydrogens is 523 g/mol. The Labute approximate surface area is 218 Å². The lowest BCUT2D eigenvalue weighted by atomic mass is 10.1. The van der Waals surface area contributed by atoms with Crippen LogP contribution >= 0.6 is 23.2 Å². The van der Waals surface area contributed by atoms with Gasteiger partial charge in [-0.3, -0.25) is 4.79 Å². The number of hydrogen-bond donors (Lipinski definition) is 0. The monoisotopic (exact) mass is 556 g/mol. The van der Waals surface area contributed by atoms with Crippen molar-refractivity contribution in [1.82, 2.24) is 0 Å². The molecule has 0 atom stereocenters. The first-order valence-electron chi connectivity index (χ1n) is 11.4. The lowest BCUT2D eigenvalue weighted by molar-refractivity contribution is -0.116. The van der Waals surface area contributed by atoms with E-state index in [1.165, 1.54) is 12.1 Å². The van der Waals surface area contributed by atoms with Gasteiger partial charge in [-0.15, -0.1) is 0 Å². The zero-order chi connectivity index (χ0) is 26.6. The second kappa shape index (κ2) is 9.39. The Balaban J connectivity index is 2.02. The van der Waals surface area contributed by atoms with Gasteiger partial charge < -0.3 is 14.2 Å². The molecule has 1 heterocycles. The average molecular weight is 558 g/mol. The second-order valence-electron chi connectivity index (χ2n) is 11.8. The molecule has 10 heteroatoms. The van der Waals surface area contributed by atoms with Crippen LogP contribution in [0.15, 0.2) is 33.5 Å². The molecule has 0 bridgehead atoms. The first-order chi connectivity index (χ1) is 15.8. The SMILES string of the molecule is CC(C)(C)[Si](C)(C)OOc1cc2oc3cc(OO[Si](C)(C)C(C)(C)C)c(Cl)cc3c(=O)c2cc1Cl. The van der Waals surface area contributed by atoms with E-state index >= 15 is 0 Å². The molecule has 0 amide bonds. The van der Waals surface area contributed by atoms with Crippen molar-refractivity contribution in [2.24, 2.45) is 0 Å². The molecule has 192 valence electrons. The Morgan fingerprint density at radius 1 is 0.686 bits per heavy atom. The summed E-state index contributed by atoms with van der Waals surface area (Å²) < 4.78 is 17.7. The summed E-state index contributed by atoms with van der Waals surface area (Å²) in [5, 5.41) is 1.00.